The third kappa shape index (κ3) is 4.03. The first-order valence-electron chi connectivity index (χ1n) is 8.01. The second kappa shape index (κ2) is 7.58. The van der Waals surface area contributed by atoms with Gasteiger partial charge in [0.25, 0.3) is 5.56 Å². The van der Waals surface area contributed by atoms with Gasteiger partial charge < -0.3 is 9.47 Å². The predicted molar refractivity (Wildman–Crippen MR) is 97.5 cm³/mol. The average molecular weight is 373 g/mol. The van der Waals surface area contributed by atoms with Crippen molar-refractivity contribution in [1.29, 1.82) is 0 Å². The van der Waals surface area contributed by atoms with Crippen molar-refractivity contribution in [3.05, 3.63) is 75.3 Å². The van der Waals surface area contributed by atoms with Crippen LogP contribution < -0.4 is 10.3 Å². The van der Waals surface area contributed by atoms with Crippen LogP contribution in [0.25, 0.3) is 5.65 Å². The van der Waals surface area contributed by atoms with Crippen molar-refractivity contribution in [3.63, 3.8) is 0 Å². The van der Waals surface area contributed by atoms with E-state index < -0.39 is 12.1 Å². The van der Waals surface area contributed by atoms with Crippen LogP contribution in [-0.2, 0) is 16.1 Å². The predicted octanol–water partition coefficient (Wildman–Crippen LogP) is 3.17. The standard InChI is InChI=1S/C19H17ClN2O4/c1-12-5-3-8-17-21-15(10-18(23)22(12)17)11-25-19(24)13(2)26-16-7-4-6-14(20)9-16/h3-10,13H,11H2,1-2H3. The van der Waals surface area contributed by atoms with Crippen LogP contribution in [0.2, 0.25) is 5.02 Å². The number of hydrogen-bond donors (Lipinski definition) is 0. The van der Waals surface area contributed by atoms with Gasteiger partial charge in [-0.15, -0.1) is 0 Å². The molecule has 26 heavy (non-hydrogen) atoms. The third-order valence-corrected chi connectivity index (χ3v) is 3.97. The SMILES string of the molecule is Cc1cccc2nc(COC(=O)C(C)Oc3cccc(Cl)c3)cc(=O)n12. The fourth-order valence-corrected chi connectivity index (χ4v) is 2.67. The topological polar surface area (TPSA) is 69.9 Å². The summed E-state index contributed by atoms with van der Waals surface area (Å²) in [6.07, 6.45) is -0.822. The molecule has 0 amide bonds. The molecule has 2 aromatic heterocycles. The number of rotatable bonds is 5. The molecule has 0 spiro atoms. The van der Waals surface area contributed by atoms with E-state index in [4.69, 9.17) is 21.1 Å². The summed E-state index contributed by atoms with van der Waals surface area (Å²) in [6, 6.07) is 13.5. The smallest absolute Gasteiger partial charge is 0.347 e. The van der Waals surface area contributed by atoms with Gasteiger partial charge in [0.1, 0.15) is 18.0 Å². The highest BCUT2D eigenvalue weighted by atomic mass is 35.5. The monoisotopic (exact) mass is 372 g/mol. The maximum absolute atomic E-state index is 12.2. The first kappa shape index (κ1) is 17.9. The molecule has 7 heteroatoms. The first-order chi connectivity index (χ1) is 12.4. The van der Waals surface area contributed by atoms with Gasteiger partial charge in [0.15, 0.2) is 6.10 Å². The molecule has 134 valence electrons. The van der Waals surface area contributed by atoms with Crippen molar-refractivity contribution in [3.8, 4) is 5.75 Å². The Kier molecular flexibility index (Phi) is 5.23. The Balaban J connectivity index is 1.67. The number of ether oxygens (including phenoxy) is 2. The van der Waals surface area contributed by atoms with Gasteiger partial charge in [-0.25, -0.2) is 9.78 Å². The summed E-state index contributed by atoms with van der Waals surface area (Å²) in [5.41, 5.74) is 1.45. The van der Waals surface area contributed by atoms with E-state index in [-0.39, 0.29) is 12.2 Å². The van der Waals surface area contributed by atoms with Crippen molar-refractivity contribution in [2.45, 2.75) is 26.6 Å². The molecule has 0 aliphatic carbocycles. The van der Waals surface area contributed by atoms with E-state index in [1.54, 1.807) is 37.3 Å². The number of pyridine rings is 1. The van der Waals surface area contributed by atoms with Gasteiger partial charge in [0, 0.05) is 16.8 Å². The zero-order chi connectivity index (χ0) is 18.7. The highest BCUT2D eigenvalue weighted by molar-refractivity contribution is 6.30. The van der Waals surface area contributed by atoms with Crippen molar-refractivity contribution in [2.24, 2.45) is 0 Å². The van der Waals surface area contributed by atoms with E-state index in [2.05, 4.69) is 4.98 Å². The fourth-order valence-electron chi connectivity index (χ4n) is 2.49. The fraction of sp³-hybridized carbons (Fsp3) is 0.211. The van der Waals surface area contributed by atoms with Crippen LogP contribution in [0.5, 0.6) is 5.75 Å². The molecule has 0 radical (unpaired) electrons. The van der Waals surface area contributed by atoms with Gasteiger partial charge in [-0.3, -0.25) is 9.20 Å². The number of hydrogen-bond acceptors (Lipinski definition) is 5. The highest BCUT2D eigenvalue weighted by Gasteiger charge is 2.17. The second-order valence-electron chi connectivity index (χ2n) is 5.77. The lowest BCUT2D eigenvalue weighted by Crippen LogP contribution is -2.26. The van der Waals surface area contributed by atoms with Crippen LogP contribution >= 0.6 is 11.6 Å². The largest absolute Gasteiger partial charge is 0.479 e. The zero-order valence-corrected chi connectivity index (χ0v) is 15.1. The summed E-state index contributed by atoms with van der Waals surface area (Å²) in [4.78, 5) is 28.7. The quantitative estimate of drug-likeness (QED) is 0.643. The number of fused-ring (bicyclic) bond motifs is 1. The summed E-state index contributed by atoms with van der Waals surface area (Å²) in [5, 5.41) is 0.513. The number of aromatic nitrogens is 2. The molecule has 2 heterocycles. The lowest BCUT2D eigenvalue weighted by molar-refractivity contribution is -0.152. The Morgan fingerprint density at radius 3 is 2.77 bits per heavy atom. The maximum atomic E-state index is 12.2. The van der Waals surface area contributed by atoms with Crippen LogP contribution in [-0.4, -0.2) is 21.5 Å². The number of carbonyl (C=O) groups excluding carboxylic acids is 1. The Morgan fingerprint density at radius 1 is 1.23 bits per heavy atom. The lowest BCUT2D eigenvalue weighted by atomic mass is 10.3. The molecule has 1 unspecified atom stereocenters. The van der Waals surface area contributed by atoms with Crippen LogP contribution in [0.15, 0.2) is 53.3 Å². The first-order valence-corrected chi connectivity index (χ1v) is 8.39. The van der Waals surface area contributed by atoms with Gasteiger partial charge in [0.05, 0.1) is 5.69 Å². The van der Waals surface area contributed by atoms with E-state index in [0.717, 1.165) is 5.69 Å². The average Bonchev–Trinajstić information content (AvgIpc) is 2.59. The molecule has 1 aromatic carbocycles. The molecule has 3 rings (SSSR count). The molecule has 0 aliphatic heterocycles. The number of halogens is 1. The number of carbonyl (C=O) groups is 1. The zero-order valence-electron chi connectivity index (χ0n) is 14.3. The normalized spacial score (nSPS) is 12.0. The molecular formula is C19H17ClN2O4. The van der Waals surface area contributed by atoms with E-state index in [9.17, 15) is 9.59 Å². The minimum absolute atomic E-state index is 0.109. The molecule has 0 fully saturated rings. The summed E-state index contributed by atoms with van der Waals surface area (Å²) in [6.45, 7) is 3.29. The van der Waals surface area contributed by atoms with Gasteiger partial charge in [-0.05, 0) is 44.2 Å². The van der Waals surface area contributed by atoms with Crippen molar-refractivity contribution < 1.29 is 14.3 Å². The molecule has 0 N–H and O–H groups in total. The molecule has 0 bridgehead atoms. The van der Waals surface area contributed by atoms with E-state index in [1.165, 1.54) is 10.5 Å². The molecule has 6 nitrogen and oxygen atoms in total. The van der Waals surface area contributed by atoms with Crippen molar-refractivity contribution >= 4 is 23.2 Å². The van der Waals surface area contributed by atoms with E-state index >= 15 is 0 Å². The molecule has 0 aliphatic rings. The Morgan fingerprint density at radius 2 is 2.00 bits per heavy atom. The summed E-state index contributed by atoms with van der Waals surface area (Å²) in [5.74, 6) is -0.0873. The second-order valence-corrected chi connectivity index (χ2v) is 6.21. The number of nitrogens with zero attached hydrogens (tertiary/aromatic N) is 2. The van der Waals surface area contributed by atoms with Crippen LogP contribution in [0.4, 0.5) is 0 Å². The Hall–Kier alpha value is -2.86. The van der Waals surface area contributed by atoms with Crippen LogP contribution in [0, 0.1) is 6.92 Å². The number of esters is 1. The number of aryl methyl sites for hydroxylation is 1. The molecule has 3 aromatic rings. The lowest BCUT2D eigenvalue weighted by Gasteiger charge is -2.14. The number of benzene rings is 1. The summed E-state index contributed by atoms with van der Waals surface area (Å²) in [7, 11) is 0. The van der Waals surface area contributed by atoms with E-state index in [1.807, 2.05) is 19.1 Å². The summed E-state index contributed by atoms with van der Waals surface area (Å²) < 4.78 is 12.2. The van der Waals surface area contributed by atoms with Gasteiger partial charge in [0.2, 0.25) is 0 Å². The van der Waals surface area contributed by atoms with Gasteiger partial charge >= 0.3 is 5.97 Å². The van der Waals surface area contributed by atoms with E-state index in [0.29, 0.717) is 22.1 Å². The maximum Gasteiger partial charge on any atom is 0.347 e. The van der Waals surface area contributed by atoms with Crippen LogP contribution in [0.1, 0.15) is 18.3 Å². The van der Waals surface area contributed by atoms with Crippen molar-refractivity contribution in [1.82, 2.24) is 9.38 Å². The van der Waals surface area contributed by atoms with Crippen molar-refractivity contribution in [2.75, 3.05) is 0 Å². The van der Waals surface area contributed by atoms with Gasteiger partial charge in [-0.1, -0.05) is 23.7 Å². The molecule has 0 saturated carbocycles. The highest BCUT2D eigenvalue weighted by Crippen LogP contribution is 2.18. The minimum Gasteiger partial charge on any atom is -0.479 e. The summed E-state index contributed by atoms with van der Waals surface area (Å²) >= 11 is 5.89. The van der Waals surface area contributed by atoms with Crippen LogP contribution in [0.3, 0.4) is 0 Å². The molecule has 0 saturated heterocycles. The Bertz CT molecular complexity index is 1020. The minimum atomic E-state index is -0.822. The molecule has 1 atom stereocenters. The third-order valence-electron chi connectivity index (χ3n) is 3.74. The van der Waals surface area contributed by atoms with Gasteiger partial charge in [-0.2, -0.15) is 0 Å². The Labute approximate surface area is 155 Å². The molecular weight excluding hydrogens is 356 g/mol.